The van der Waals surface area contributed by atoms with Crippen molar-refractivity contribution in [3.8, 4) is 0 Å². The fourth-order valence-electron chi connectivity index (χ4n) is 1.51. The molecule has 0 fully saturated rings. The molecule has 0 radical (unpaired) electrons. The molecule has 3 heteroatoms. The summed E-state index contributed by atoms with van der Waals surface area (Å²) < 4.78 is 0. The first-order valence-electron chi connectivity index (χ1n) is 4.56. The van der Waals surface area contributed by atoms with Gasteiger partial charge in [-0.1, -0.05) is 0 Å². The van der Waals surface area contributed by atoms with Crippen LogP contribution in [0, 0.1) is 0 Å². The van der Waals surface area contributed by atoms with Crippen molar-refractivity contribution in [1.29, 1.82) is 0 Å². The third-order valence-electron chi connectivity index (χ3n) is 2.28. The molecule has 2 N–H and O–H groups in total. The molecule has 0 saturated heterocycles. The molecule has 1 aliphatic rings. The van der Waals surface area contributed by atoms with Crippen molar-refractivity contribution in [3.05, 3.63) is 18.2 Å². The van der Waals surface area contributed by atoms with E-state index < -0.39 is 0 Å². The third kappa shape index (κ3) is 1.54. The van der Waals surface area contributed by atoms with Gasteiger partial charge in [0, 0.05) is 32.9 Å². The summed E-state index contributed by atoms with van der Waals surface area (Å²) >= 11 is 0. The molecule has 0 spiro atoms. The second-order valence-electron chi connectivity index (χ2n) is 3.48. The van der Waals surface area contributed by atoms with Crippen molar-refractivity contribution in [1.82, 2.24) is 0 Å². The van der Waals surface area contributed by atoms with Gasteiger partial charge in [0.05, 0.1) is 11.4 Å². The van der Waals surface area contributed by atoms with Crippen LogP contribution in [0.4, 0.5) is 17.1 Å². The number of anilines is 3. The summed E-state index contributed by atoms with van der Waals surface area (Å²) in [5.74, 6) is 0. The molecule has 0 amide bonds. The van der Waals surface area contributed by atoms with E-state index in [-0.39, 0.29) is 0 Å². The largest absolute Gasteiger partial charge is 0.382 e. The minimum absolute atomic E-state index is 1.00. The van der Waals surface area contributed by atoms with Gasteiger partial charge in [-0.25, -0.2) is 0 Å². The number of benzene rings is 1. The highest BCUT2D eigenvalue weighted by molar-refractivity contribution is 5.75. The van der Waals surface area contributed by atoms with Crippen LogP contribution >= 0.6 is 0 Å². The first kappa shape index (κ1) is 8.23. The Morgan fingerprint density at radius 1 is 1.08 bits per heavy atom. The van der Waals surface area contributed by atoms with Crippen LogP contribution in [0.15, 0.2) is 18.2 Å². The summed E-state index contributed by atoms with van der Waals surface area (Å²) in [7, 11) is 4.11. The van der Waals surface area contributed by atoms with Crippen LogP contribution in [0.5, 0.6) is 0 Å². The van der Waals surface area contributed by atoms with Gasteiger partial charge < -0.3 is 15.5 Å². The second kappa shape index (κ2) is 3.17. The average molecular weight is 177 g/mol. The molecule has 0 unspecified atom stereocenters. The quantitative estimate of drug-likeness (QED) is 0.682. The van der Waals surface area contributed by atoms with Crippen LogP contribution < -0.4 is 15.5 Å². The van der Waals surface area contributed by atoms with Gasteiger partial charge >= 0.3 is 0 Å². The molecular formula is C10H15N3. The number of nitrogens with one attached hydrogen (secondary N) is 2. The standard InChI is InChI=1S/C10H15N3/c1-13(2)8-3-4-9-10(7-8)12-6-5-11-9/h3-4,7,11-12H,5-6H2,1-2H3. The maximum Gasteiger partial charge on any atom is 0.0597 e. The van der Waals surface area contributed by atoms with Crippen molar-refractivity contribution < 1.29 is 0 Å². The average Bonchev–Trinajstić information content (AvgIpc) is 2.17. The summed E-state index contributed by atoms with van der Waals surface area (Å²) in [5.41, 5.74) is 3.64. The van der Waals surface area contributed by atoms with Crippen molar-refractivity contribution in [2.75, 3.05) is 42.7 Å². The van der Waals surface area contributed by atoms with Crippen molar-refractivity contribution >= 4 is 17.1 Å². The molecule has 0 aliphatic carbocycles. The fraction of sp³-hybridized carbons (Fsp3) is 0.400. The van der Waals surface area contributed by atoms with Gasteiger partial charge in [-0.2, -0.15) is 0 Å². The van der Waals surface area contributed by atoms with Crippen LogP contribution in [0.1, 0.15) is 0 Å². The Balaban J connectivity index is 2.35. The Bertz CT molecular complexity index is 307. The van der Waals surface area contributed by atoms with Crippen LogP contribution in [-0.2, 0) is 0 Å². The van der Waals surface area contributed by atoms with Crippen molar-refractivity contribution in [2.24, 2.45) is 0 Å². The molecule has 1 aromatic rings. The lowest BCUT2D eigenvalue weighted by atomic mass is 10.2. The fourth-order valence-corrected chi connectivity index (χ4v) is 1.51. The molecular weight excluding hydrogens is 162 g/mol. The lowest BCUT2D eigenvalue weighted by Gasteiger charge is -2.22. The second-order valence-corrected chi connectivity index (χ2v) is 3.48. The zero-order chi connectivity index (χ0) is 9.26. The third-order valence-corrected chi connectivity index (χ3v) is 2.28. The van der Waals surface area contributed by atoms with E-state index in [1.807, 2.05) is 0 Å². The molecule has 3 nitrogen and oxygen atoms in total. The highest BCUT2D eigenvalue weighted by atomic mass is 15.1. The summed E-state index contributed by atoms with van der Waals surface area (Å²) in [4.78, 5) is 2.11. The molecule has 0 saturated carbocycles. The van der Waals surface area contributed by atoms with E-state index in [4.69, 9.17) is 0 Å². The molecule has 0 bridgehead atoms. The summed E-state index contributed by atoms with van der Waals surface area (Å²) in [6.07, 6.45) is 0. The predicted molar refractivity (Wildman–Crippen MR) is 57.7 cm³/mol. The molecule has 1 heterocycles. The van der Waals surface area contributed by atoms with Gasteiger partial charge in [0.25, 0.3) is 0 Å². The van der Waals surface area contributed by atoms with E-state index in [0.29, 0.717) is 0 Å². The first-order valence-corrected chi connectivity index (χ1v) is 4.56. The summed E-state index contributed by atoms with van der Waals surface area (Å²) in [6.45, 7) is 2.01. The highest BCUT2D eigenvalue weighted by Gasteiger charge is 2.07. The SMILES string of the molecule is CN(C)c1ccc2c(c1)NCCN2. The number of fused-ring (bicyclic) bond motifs is 1. The summed E-state index contributed by atoms with van der Waals surface area (Å²) in [5, 5.41) is 6.72. The maximum absolute atomic E-state index is 3.37. The molecule has 70 valence electrons. The lowest BCUT2D eigenvalue weighted by Crippen LogP contribution is -2.21. The molecule has 13 heavy (non-hydrogen) atoms. The van der Waals surface area contributed by atoms with E-state index in [1.165, 1.54) is 17.1 Å². The zero-order valence-corrected chi connectivity index (χ0v) is 8.09. The van der Waals surface area contributed by atoms with Crippen LogP contribution in [-0.4, -0.2) is 27.2 Å². The van der Waals surface area contributed by atoms with E-state index in [9.17, 15) is 0 Å². The van der Waals surface area contributed by atoms with Gasteiger partial charge in [-0.05, 0) is 18.2 Å². The number of nitrogens with zero attached hydrogens (tertiary/aromatic N) is 1. The Kier molecular flexibility index (Phi) is 2.00. The number of hydrogen-bond donors (Lipinski definition) is 2. The Hall–Kier alpha value is -1.38. The predicted octanol–water partition coefficient (Wildman–Crippen LogP) is 1.59. The van der Waals surface area contributed by atoms with E-state index in [0.717, 1.165) is 13.1 Å². The molecule has 1 aromatic carbocycles. The first-order chi connectivity index (χ1) is 6.27. The van der Waals surface area contributed by atoms with Gasteiger partial charge in [0.15, 0.2) is 0 Å². The normalized spacial score (nSPS) is 14.0. The van der Waals surface area contributed by atoms with Gasteiger partial charge in [0.1, 0.15) is 0 Å². The van der Waals surface area contributed by atoms with Gasteiger partial charge in [0.2, 0.25) is 0 Å². The van der Waals surface area contributed by atoms with Crippen LogP contribution in [0.25, 0.3) is 0 Å². The van der Waals surface area contributed by atoms with E-state index >= 15 is 0 Å². The Labute approximate surface area is 78.7 Å². The van der Waals surface area contributed by atoms with Crippen molar-refractivity contribution in [2.45, 2.75) is 0 Å². The molecule has 0 aromatic heterocycles. The Morgan fingerprint density at radius 2 is 1.77 bits per heavy atom. The maximum atomic E-state index is 3.37. The molecule has 2 rings (SSSR count). The smallest absolute Gasteiger partial charge is 0.0597 e. The van der Waals surface area contributed by atoms with Gasteiger partial charge in [-0.15, -0.1) is 0 Å². The number of rotatable bonds is 1. The van der Waals surface area contributed by atoms with Crippen molar-refractivity contribution in [3.63, 3.8) is 0 Å². The topological polar surface area (TPSA) is 27.3 Å². The Morgan fingerprint density at radius 3 is 2.46 bits per heavy atom. The van der Waals surface area contributed by atoms with Gasteiger partial charge in [-0.3, -0.25) is 0 Å². The monoisotopic (exact) mass is 177 g/mol. The lowest BCUT2D eigenvalue weighted by molar-refractivity contribution is 1.04. The highest BCUT2D eigenvalue weighted by Crippen LogP contribution is 2.28. The van der Waals surface area contributed by atoms with Crippen LogP contribution in [0.3, 0.4) is 0 Å². The van der Waals surface area contributed by atoms with Crippen LogP contribution in [0.2, 0.25) is 0 Å². The minimum Gasteiger partial charge on any atom is -0.382 e. The minimum atomic E-state index is 1.00. The molecule has 1 aliphatic heterocycles. The van der Waals surface area contributed by atoms with E-state index in [1.54, 1.807) is 0 Å². The number of hydrogen-bond acceptors (Lipinski definition) is 3. The van der Waals surface area contributed by atoms with E-state index in [2.05, 4.69) is 47.8 Å². The zero-order valence-electron chi connectivity index (χ0n) is 8.09. The molecule has 0 atom stereocenters. The summed E-state index contributed by atoms with van der Waals surface area (Å²) in [6, 6.07) is 6.41.